The molecule has 2 aromatic rings. The molecular weight excluding hydrogens is 503 g/mol. The van der Waals surface area contributed by atoms with E-state index in [1.165, 1.54) is 11.8 Å². The number of carbonyl (C=O) groups excluding carboxylic acids is 1. The minimum atomic E-state index is -4.27. The second-order valence-electron chi connectivity index (χ2n) is 6.73. The Morgan fingerprint density at radius 2 is 1.87 bits per heavy atom. The van der Waals surface area contributed by atoms with E-state index >= 15 is 0 Å². The summed E-state index contributed by atoms with van der Waals surface area (Å²) in [5, 5.41) is 10.7. The number of halogens is 4. The third-order valence-corrected chi connectivity index (χ3v) is 8.05. The molecule has 0 aliphatic heterocycles. The van der Waals surface area contributed by atoms with Crippen LogP contribution in [0.25, 0.3) is 0 Å². The number of hydrogen-bond acceptors (Lipinski definition) is 4. The van der Waals surface area contributed by atoms with Gasteiger partial charge in [-0.2, -0.15) is 13.2 Å². The van der Waals surface area contributed by atoms with Gasteiger partial charge in [-0.05, 0) is 55.7 Å². The van der Waals surface area contributed by atoms with Gasteiger partial charge >= 0.3 is 12.1 Å². The van der Waals surface area contributed by atoms with E-state index in [2.05, 4.69) is 21.2 Å². The first-order valence-electron chi connectivity index (χ1n) is 9.06. The average Bonchev–Trinajstić information content (AvgIpc) is 3.12. The number of carboxylic acid groups (broad SMARTS) is 1. The maximum atomic E-state index is 12.9. The lowest BCUT2D eigenvalue weighted by Gasteiger charge is -2.17. The number of alkyl halides is 3. The van der Waals surface area contributed by atoms with E-state index in [0.717, 1.165) is 31.8 Å². The van der Waals surface area contributed by atoms with Crippen molar-refractivity contribution in [2.24, 2.45) is 0 Å². The molecule has 0 saturated carbocycles. The Morgan fingerprint density at radius 1 is 1.23 bits per heavy atom. The summed E-state index contributed by atoms with van der Waals surface area (Å²) in [6.07, 6.45) is -5.49. The highest BCUT2D eigenvalue weighted by Gasteiger charge is 2.30. The molecule has 164 valence electrons. The van der Waals surface area contributed by atoms with Crippen LogP contribution in [0.4, 0.5) is 13.2 Å². The molecule has 0 saturated heterocycles. The molecule has 0 aliphatic carbocycles. The molecule has 1 amide bonds. The van der Waals surface area contributed by atoms with Gasteiger partial charge in [0.05, 0.1) is 11.3 Å². The molecule has 0 spiro atoms. The number of carboxylic acids is 1. The number of aliphatic carboxylic acids is 1. The van der Waals surface area contributed by atoms with E-state index in [9.17, 15) is 22.8 Å². The van der Waals surface area contributed by atoms with Crippen LogP contribution in [0, 0.1) is 13.8 Å². The quantitative estimate of drug-likeness (QED) is 0.367. The fraction of sp³-hybridized carbons (Fsp3) is 0.400. The Labute approximate surface area is 189 Å². The van der Waals surface area contributed by atoms with E-state index < -0.39 is 29.7 Å². The van der Waals surface area contributed by atoms with Crippen molar-refractivity contribution in [3.05, 3.63) is 49.6 Å². The zero-order chi connectivity index (χ0) is 22.5. The number of benzene rings is 1. The number of amides is 1. The van der Waals surface area contributed by atoms with E-state index in [4.69, 9.17) is 5.11 Å². The monoisotopic (exact) mass is 523 g/mol. The molecule has 1 atom stereocenters. The lowest BCUT2D eigenvalue weighted by molar-refractivity contribution is -0.137. The van der Waals surface area contributed by atoms with Crippen molar-refractivity contribution in [1.82, 2.24) is 5.32 Å². The summed E-state index contributed by atoms with van der Waals surface area (Å²) >= 11 is 5.97. The molecule has 0 fully saturated rings. The molecule has 0 aliphatic rings. The number of hydrogen-bond donors (Lipinski definition) is 2. The third kappa shape index (κ3) is 7.63. The van der Waals surface area contributed by atoms with Gasteiger partial charge in [0.1, 0.15) is 0 Å². The van der Waals surface area contributed by atoms with Crippen LogP contribution >= 0.6 is 39.0 Å². The number of nitrogens with one attached hydrogen (secondary N) is 1. The van der Waals surface area contributed by atoms with Gasteiger partial charge < -0.3 is 10.4 Å². The molecule has 2 N–H and O–H groups in total. The molecule has 0 bridgehead atoms. The second-order valence-corrected chi connectivity index (χ2v) is 9.92. The van der Waals surface area contributed by atoms with Crippen molar-refractivity contribution >= 4 is 50.9 Å². The smallest absolute Gasteiger partial charge is 0.389 e. The highest BCUT2D eigenvalue weighted by molar-refractivity contribution is 9.10. The zero-order valence-corrected chi connectivity index (χ0v) is 19.5. The van der Waals surface area contributed by atoms with Crippen LogP contribution in [0.2, 0.25) is 0 Å². The fourth-order valence-corrected chi connectivity index (χ4v) is 5.42. The molecule has 0 radical (unpaired) electrons. The summed E-state index contributed by atoms with van der Waals surface area (Å²) in [6.45, 7) is 3.85. The van der Waals surface area contributed by atoms with Crippen molar-refractivity contribution in [2.75, 3.05) is 6.54 Å². The van der Waals surface area contributed by atoms with Gasteiger partial charge in [-0.25, -0.2) is 0 Å². The second kappa shape index (κ2) is 10.7. The van der Waals surface area contributed by atoms with Gasteiger partial charge in [0, 0.05) is 32.5 Å². The van der Waals surface area contributed by atoms with Gasteiger partial charge in [-0.3, -0.25) is 9.59 Å². The average molecular weight is 524 g/mol. The molecule has 1 heterocycles. The Kier molecular flexibility index (Phi) is 8.81. The number of thiophene rings is 1. The van der Waals surface area contributed by atoms with Crippen LogP contribution in [0.15, 0.2) is 33.6 Å². The van der Waals surface area contributed by atoms with Crippen LogP contribution in [-0.2, 0) is 4.79 Å². The van der Waals surface area contributed by atoms with Crippen LogP contribution in [-0.4, -0.2) is 29.7 Å². The molecule has 4 nitrogen and oxygen atoms in total. The normalized spacial score (nSPS) is 12.6. The number of aryl methyl sites for hydroxylation is 2. The third-order valence-electron chi connectivity index (χ3n) is 4.17. The lowest BCUT2D eigenvalue weighted by Crippen LogP contribution is -2.25. The van der Waals surface area contributed by atoms with E-state index in [1.807, 2.05) is 26.0 Å². The van der Waals surface area contributed by atoms with Gasteiger partial charge in [0.15, 0.2) is 0 Å². The van der Waals surface area contributed by atoms with Crippen LogP contribution in [0.5, 0.6) is 0 Å². The topological polar surface area (TPSA) is 66.4 Å². The summed E-state index contributed by atoms with van der Waals surface area (Å²) in [5.41, 5.74) is 1.99. The van der Waals surface area contributed by atoms with Crippen molar-refractivity contribution in [3.63, 3.8) is 0 Å². The van der Waals surface area contributed by atoms with E-state index in [1.54, 1.807) is 12.1 Å². The summed E-state index contributed by atoms with van der Waals surface area (Å²) in [6, 6.07) is 7.09. The predicted octanol–water partition coefficient (Wildman–Crippen LogP) is 6.51. The van der Waals surface area contributed by atoms with Crippen molar-refractivity contribution in [3.8, 4) is 0 Å². The Hall–Kier alpha value is -1.52. The van der Waals surface area contributed by atoms with E-state index in [0.29, 0.717) is 9.75 Å². The van der Waals surface area contributed by atoms with Crippen molar-refractivity contribution in [1.29, 1.82) is 0 Å². The molecule has 1 aromatic carbocycles. The van der Waals surface area contributed by atoms with Gasteiger partial charge in [0.2, 0.25) is 0 Å². The minimum absolute atomic E-state index is 0.00883. The molecule has 0 unspecified atom stereocenters. The Balaban J connectivity index is 2.20. The highest BCUT2D eigenvalue weighted by atomic mass is 79.9. The molecule has 1 aromatic heterocycles. The maximum Gasteiger partial charge on any atom is 0.389 e. The van der Waals surface area contributed by atoms with E-state index in [-0.39, 0.29) is 19.4 Å². The first-order valence-corrected chi connectivity index (χ1v) is 11.5. The summed E-state index contributed by atoms with van der Waals surface area (Å²) in [7, 11) is 0. The summed E-state index contributed by atoms with van der Waals surface area (Å²) in [5.74, 6) is -1.45. The SMILES string of the molecule is Cc1cc(S[C@H](CCC(F)(F)F)c2ccc(C(=O)NCCC(=O)O)s2)cc(C)c1Br. The predicted molar refractivity (Wildman–Crippen MR) is 116 cm³/mol. The van der Waals surface area contributed by atoms with Crippen LogP contribution < -0.4 is 5.32 Å². The van der Waals surface area contributed by atoms with Crippen molar-refractivity contribution < 1.29 is 27.9 Å². The van der Waals surface area contributed by atoms with Crippen LogP contribution in [0.3, 0.4) is 0 Å². The molecular formula is C20H21BrF3NO3S2. The minimum Gasteiger partial charge on any atom is -0.481 e. The summed E-state index contributed by atoms with van der Waals surface area (Å²) < 4.78 is 39.6. The van der Waals surface area contributed by atoms with Crippen molar-refractivity contribution in [2.45, 2.75) is 49.4 Å². The summed E-state index contributed by atoms with van der Waals surface area (Å²) in [4.78, 5) is 24.6. The number of carbonyl (C=O) groups is 2. The van der Waals surface area contributed by atoms with Gasteiger partial charge in [-0.15, -0.1) is 23.1 Å². The molecule has 30 heavy (non-hydrogen) atoms. The van der Waals surface area contributed by atoms with Gasteiger partial charge in [-0.1, -0.05) is 15.9 Å². The van der Waals surface area contributed by atoms with Gasteiger partial charge in [0.25, 0.3) is 5.91 Å². The fourth-order valence-electron chi connectivity index (χ4n) is 2.71. The molecule has 10 heteroatoms. The highest BCUT2D eigenvalue weighted by Crippen LogP contribution is 2.44. The lowest BCUT2D eigenvalue weighted by atomic mass is 10.2. The maximum absolute atomic E-state index is 12.9. The standard InChI is InChI=1S/C20H21BrF3NO3S2/c1-11-9-13(10-12(2)18(11)21)29-15(5-7-20(22,23)24)14-3-4-16(30-14)19(28)25-8-6-17(26)27/h3-4,9-10,15H,5-8H2,1-2H3,(H,25,28)(H,26,27)/t15-/m1/s1. The number of thioether (sulfide) groups is 1. The Bertz CT molecular complexity index is 892. The molecule has 2 rings (SSSR count). The first kappa shape index (κ1) is 24.7. The largest absolute Gasteiger partial charge is 0.481 e. The Morgan fingerprint density at radius 3 is 2.43 bits per heavy atom. The zero-order valence-electron chi connectivity index (χ0n) is 16.3. The van der Waals surface area contributed by atoms with Crippen LogP contribution in [0.1, 0.15) is 50.2 Å². The first-order chi connectivity index (χ1) is 14.0. The number of rotatable bonds is 9.